The molecule has 0 bridgehead atoms. The maximum absolute atomic E-state index is 12.9. The molecule has 0 radical (unpaired) electrons. The fourth-order valence-corrected chi connectivity index (χ4v) is 3.16. The summed E-state index contributed by atoms with van der Waals surface area (Å²) in [5.74, 6) is 0.462. The summed E-state index contributed by atoms with van der Waals surface area (Å²) in [6, 6.07) is 13.8. The summed E-state index contributed by atoms with van der Waals surface area (Å²) in [6.07, 6.45) is 0. The average molecular weight is 430 g/mol. The molecule has 0 spiro atoms. The average Bonchev–Trinajstić information content (AvgIpc) is 2.64. The van der Waals surface area contributed by atoms with Crippen molar-refractivity contribution in [3.05, 3.63) is 69.8 Å². The maximum atomic E-state index is 12.9. The smallest absolute Gasteiger partial charge is 0.319 e. The largest absolute Gasteiger partial charge is 0.494 e. The Morgan fingerprint density at radius 1 is 1.15 bits per heavy atom. The highest BCUT2D eigenvalue weighted by Crippen LogP contribution is 2.29. The van der Waals surface area contributed by atoms with Crippen LogP contribution < -0.4 is 20.7 Å². The minimum absolute atomic E-state index is 0.277. The molecule has 1 aliphatic rings. The summed E-state index contributed by atoms with van der Waals surface area (Å²) in [4.78, 5) is 24.9. The van der Waals surface area contributed by atoms with Gasteiger partial charge < -0.3 is 20.7 Å². The molecule has 2 aromatic carbocycles. The number of allylic oxidation sites excluding steroid dienone is 1. The Balaban J connectivity index is 1.89. The number of carbonyl (C=O) groups is 2. The molecule has 0 aliphatic carbocycles. The number of hydrogen-bond donors (Lipinski definition) is 3. The van der Waals surface area contributed by atoms with Crippen molar-refractivity contribution in [1.82, 2.24) is 10.6 Å². The quantitative estimate of drug-likeness (QED) is 0.668. The van der Waals surface area contributed by atoms with Crippen LogP contribution >= 0.6 is 15.9 Å². The SMILES string of the molecule is CCOc1ccc([C@@H]2NC(=O)NC(C)=C2C(=O)Nc2ccc(Br)cc2)cc1. The van der Waals surface area contributed by atoms with Gasteiger partial charge in [-0.3, -0.25) is 4.79 Å². The van der Waals surface area contributed by atoms with Gasteiger partial charge in [0.05, 0.1) is 18.2 Å². The fourth-order valence-electron chi connectivity index (χ4n) is 2.90. The second-order valence-electron chi connectivity index (χ2n) is 6.03. The van der Waals surface area contributed by atoms with Crippen LogP contribution in [0.4, 0.5) is 10.5 Å². The Kier molecular flexibility index (Phi) is 5.81. The molecular formula is C20H20BrN3O3. The number of carbonyl (C=O) groups excluding carboxylic acids is 2. The molecule has 0 saturated heterocycles. The lowest BCUT2D eigenvalue weighted by Gasteiger charge is -2.28. The van der Waals surface area contributed by atoms with Crippen LogP contribution in [-0.2, 0) is 4.79 Å². The van der Waals surface area contributed by atoms with Crippen LogP contribution in [0, 0.1) is 0 Å². The molecule has 27 heavy (non-hydrogen) atoms. The highest BCUT2D eigenvalue weighted by Gasteiger charge is 2.31. The number of halogens is 1. The summed E-state index contributed by atoms with van der Waals surface area (Å²) in [5.41, 5.74) is 2.45. The first-order chi connectivity index (χ1) is 13.0. The van der Waals surface area contributed by atoms with Gasteiger partial charge in [0.2, 0.25) is 0 Å². The number of amides is 3. The Morgan fingerprint density at radius 2 is 1.81 bits per heavy atom. The van der Waals surface area contributed by atoms with E-state index in [-0.39, 0.29) is 11.9 Å². The maximum Gasteiger partial charge on any atom is 0.319 e. The van der Waals surface area contributed by atoms with Gasteiger partial charge in [-0.05, 0) is 55.8 Å². The molecular weight excluding hydrogens is 410 g/mol. The van der Waals surface area contributed by atoms with Crippen molar-refractivity contribution in [2.45, 2.75) is 19.9 Å². The second-order valence-corrected chi connectivity index (χ2v) is 6.95. The third-order valence-electron chi connectivity index (χ3n) is 4.14. The number of rotatable bonds is 5. The fraction of sp³-hybridized carbons (Fsp3) is 0.200. The van der Waals surface area contributed by atoms with E-state index in [9.17, 15) is 9.59 Å². The van der Waals surface area contributed by atoms with Crippen LogP contribution in [0.15, 0.2) is 64.3 Å². The van der Waals surface area contributed by atoms with Crippen molar-refractivity contribution in [3.63, 3.8) is 0 Å². The van der Waals surface area contributed by atoms with Gasteiger partial charge in [-0.1, -0.05) is 28.1 Å². The standard InChI is InChI=1S/C20H20BrN3O3/c1-3-27-16-10-4-13(5-11-16)18-17(12(2)22-20(26)24-18)19(25)23-15-8-6-14(21)7-9-15/h4-11,18H,3H2,1-2H3,(H,23,25)(H2,22,24,26)/t18-/m0/s1. The second kappa shape index (κ2) is 8.26. The monoisotopic (exact) mass is 429 g/mol. The van der Waals surface area contributed by atoms with E-state index in [4.69, 9.17) is 4.74 Å². The summed E-state index contributed by atoms with van der Waals surface area (Å²) in [6.45, 7) is 4.21. The number of nitrogens with one attached hydrogen (secondary N) is 3. The number of hydrogen-bond acceptors (Lipinski definition) is 3. The zero-order chi connectivity index (χ0) is 19.4. The molecule has 0 aromatic heterocycles. The highest BCUT2D eigenvalue weighted by molar-refractivity contribution is 9.10. The molecule has 0 unspecified atom stereocenters. The number of urea groups is 1. The first-order valence-corrected chi connectivity index (χ1v) is 9.35. The van der Waals surface area contributed by atoms with Gasteiger partial charge in [0.25, 0.3) is 5.91 Å². The van der Waals surface area contributed by atoms with Crippen LogP contribution in [-0.4, -0.2) is 18.5 Å². The van der Waals surface area contributed by atoms with Gasteiger partial charge in [0.15, 0.2) is 0 Å². The van der Waals surface area contributed by atoms with Crippen LogP contribution in [0.5, 0.6) is 5.75 Å². The topological polar surface area (TPSA) is 79.5 Å². The Hall–Kier alpha value is -2.80. The van der Waals surface area contributed by atoms with Gasteiger partial charge in [-0.25, -0.2) is 4.79 Å². The summed E-state index contributed by atoms with van der Waals surface area (Å²) in [7, 11) is 0. The zero-order valence-electron chi connectivity index (χ0n) is 15.0. The van der Waals surface area contributed by atoms with E-state index >= 15 is 0 Å². The molecule has 1 atom stereocenters. The highest BCUT2D eigenvalue weighted by atomic mass is 79.9. The predicted molar refractivity (Wildman–Crippen MR) is 107 cm³/mol. The number of benzene rings is 2. The van der Waals surface area contributed by atoms with E-state index in [2.05, 4.69) is 31.9 Å². The lowest BCUT2D eigenvalue weighted by Crippen LogP contribution is -2.45. The van der Waals surface area contributed by atoms with E-state index in [1.54, 1.807) is 19.1 Å². The molecule has 140 valence electrons. The molecule has 7 heteroatoms. The third-order valence-corrected chi connectivity index (χ3v) is 4.67. The van der Waals surface area contributed by atoms with Gasteiger partial charge in [-0.2, -0.15) is 0 Å². The molecule has 3 amide bonds. The molecule has 6 nitrogen and oxygen atoms in total. The first-order valence-electron chi connectivity index (χ1n) is 8.56. The van der Waals surface area contributed by atoms with Crippen molar-refractivity contribution >= 4 is 33.6 Å². The minimum atomic E-state index is -0.551. The van der Waals surface area contributed by atoms with Crippen LogP contribution in [0.2, 0.25) is 0 Å². The van der Waals surface area contributed by atoms with Crippen molar-refractivity contribution in [2.24, 2.45) is 0 Å². The number of ether oxygens (including phenoxy) is 1. The van der Waals surface area contributed by atoms with E-state index in [0.29, 0.717) is 23.6 Å². The van der Waals surface area contributed by atoms with Gasteiger partial charge in [-0.15, -0.1) is 0 Å². The van der Waals surface area contributed by atoms with E-state index < -0.39 is 6.04 Å². The summed E-state index contributed by atoms with van der Waals surface area (Å²) < 4.78 is 6.38. The normalized spacial score (nSPS) is 16.4. The van der Waals surface area contributed by atoms with E-state index in [1.165, 1.54) is 0 Å². The van der Waals surface area contributed by atoms with Gasteiger partial charge in [0, 0.05) is 15.9 Å². The molecule has 0 fully saturated rings. The van der Waals surface area contributed by atoms with Gasteiger partial charge >= 0.3 is 6.03 Å². The first kappa shape index (κ1) is 19.0. The molecule has 1 aliphatic heterocycles. The van der Waals surface area contributed by atoms with Crippen molar-refractivity contribution in [1.29, 1.82) is 0 Å². The molecule has 3 rings (SSSR count). The van der Waals surface area contributed by atoms with Crippen molar-refractivity contribution < 1.29 is 14.3 Å². The van der Waals surface area contributed by atoms with E-state index in [1.807, 2.05) is 43.3 Å². The van der Waals surface area contributed by atoms with Crippen LogP contribution in [0.3, 0.4) is 0 Å². The van der Waals surface area contributed by atoms with Crippen molar-refractivity contribution in [2.75, 3.05) is 11.9 Å². The zero-order valence-corrected chi connectivity index (χ0v) is 16.6. The molecule has 3 N–H and O–H groups in total. The predicted octanol–water partition coefficient (Wildman–Crippen LogP) is 4.11. The summed E-state index contributed by atoms with van der Waals surface area (Å²) >= 11 is 3.37. The minimum Gasteiger partial charge on any atom is -0.494 e. The lowest BCUT2D eigenvalue weighted by molar-refractivity contribution is -0.113. The Morgan fingerprint density at radius 3 is 2.44 bits per heavy atom. The van der Waals surface area contributed by atoms with Crippen LogP contribution in [0.25, 0.3) is 0 Å². The number of anilines is 1. The van der Waals surface area contributed by atoms with Crippen LogP contribution in [0.1, 0.15) is 25.5 Å². The Labute approximate surface area is 166 Å². The van der Waals surface area contributed by atoms with E-state index in [0.717, 1.165) is 15.8 Å². The van der Waals surface area contributed by atoms with Crippen molar-refractivity contribution in [3.8, 4) is 5.75 Å². The summed E-state index contributed by atoms with van der Waals surface area (Å²) in [5, 5.41) is 8.38. The Bertz CT molecular complexity index is 876. The molecule has 2 aromatic rings. The third kappa shape index (κ3) is 4.49. The molecule has 0 saturated carbocycles. The molecule has 1 heterocycles. The lowest BCUT2D eigenvalue weighted by atomic mass is 9.94. The van der Waals surface area contributed by atoms with Gasteiger partial charge in [0.1, 0.15) is 5.75 Å².